The molecule has 1 N–H and O–H groups in total. The Kier molecular flexibility index (Phi) is 2.55. The van der Waals surface area contributed by atoms with Gasteiger partial charge in [0.05, 0.1) is 6.54 Å². The molecule has 0 radical (unpaired) electrons. The summed E-state index contributed by atoms with van der Waals surface area (Å²) in [4.78, 5) is 11.3. The van der Waals surface area contributed by atoms with Gasteiger partial charge < -0.3 is 5.11 Å². The summed E-state index contributed by atoms with van der Waals surface area (Å²) in [6.07, 6.45) is 1.71. The molecule has 0 unspecified atom stereocenters. The molecule has 0 aliphatic rings. The molecule has 0 aliphatic heterocycles. The Morgan fingerprint density at radius 3 is 3.00 bits per heavy atom. The number of carbonyl (C=O) groups is 1. The SMILES string of the molecule is Cc1ccnn1Cc1ccsc1C(=O)O. The van der Waals surface area contributed by atoms with Crippen LogP contribution in [0, 0.1) is 6.92 Å². The summed E-state index contributed by atoms with van der Waals surface area (Å²) in [6, 6.07) is 3.72. The summed E-state index contributed by atoms with van der Waals surface area (Å²) in [7, 11) is 0. The van der Waals surface area contributed by atoms with E-state index in [9.17, 15) is 4.79 Å². The van der Waals surface area contributed by atoms with Crippen LogP contribution in [-0.2, 0) is 6.54 Å². The van der Waals surface area contributed by atoms with Gasteiger partial charge in [0.25, 0.3) is 0 Å². The largest absolute Gasteiger partial charge is 0.477 e. The zero-order chi connectivity index (χ0) is 10.8. The number of aromatic carboxylic acids is 1. The van der Waals surface area contributed by atoms with E-state index in [2.05, 4.69) is 5.10 Å². The van der Waals surface area contributed by atoms with Gasteiger partial charge in [-0.05, 0) is 30.0 Å². The van der Waals surface area contributed by atoms with E-state index >= 15 is 0 Å². The first-order valence-electron chi connectivity index (χ1n) is 4.46. The van der Waals surface area contributed by atoms with Crippen LogP contribution in [0.15, 0.2) is 23.7 Å². The predicted molar refractivity (Wildman–Crippen MR) is 57.3 cm³/mol. The van der Waals surface area contributed by atoms with Gasteiger partial charge in [-0.3, -0.25) is 4.68 Å². The van der Waals surface area contributed by atoms with Crippen LogP contribution >= 0.6 is 11.3 Å². The third-order valence-corrected chi connectivity index (χ3v) is 3.13. The number of hydrogen-bond donors (Lipinski definition) is 1. The molecule has 15 heavy (non-hydrogen) atoms. The summed E-state index contributed by atoms with van der Waals surface area (Å²) in [5, 5.41) is 14.8. The molecule has 0 spiro atoms. The van der Waals surface area contributed by atoms with Crippen molar-refractivity contribution in [3.05, 3.63) is 39.8 Å². The van der Waals surface area contributed by atoms with E-state index in [1.165, 1.54) is 11.3 Å². The lowest BCUT2D eigenvalue weighted by molar-refractivity contribution is 0.0701. The van der Waals surface area contributed by atoms with Crippen LogP contribution < -0.4 is 0 Å². The molecule has 2 heterocycles. The van der Waals surface area contributed by atoms with Gasteiger partial charge in [0.2, 0.25) is 0 Å². The first-order chi connectivity index (χ1) is 7.18. The predicted octanol–water partition coefficient (Wildman–Crippen LogP) is 2.00. The number of hydrogen-bond acceptors (Lipinski definition) is 3. The molecule has 5 heteroatoms. The Labute approximate surface area is 90.8 Å². The molecule has 0 saturated heterocycles. The van der Waals surface area contributed by atoms with E-state index in [-0.39, 0.29) is 0 Å². The number of thiophene rings is 1. The van der Waals surface area contributed by atoms with Gasteiger partial charge in [-0.2, -0.15) is 5.10 Å². The van der Waals surface area contributed by atoms with Crippen molar-refractivity contribution in [3.8, 4) is 0 Å². The van der Waals surface area contributed by atoms with Gasteiger partial charge in [-0.1, -0.05) is 0 Å². The maximum Gasteiger partial charge on any atom is 0.346 e. The standard InChI is InChI=1S/C10H10N2O2S/c1-7-2-4-11-12(7)6-8-3-5-15-9(8)10(13)14/h2-5H,6H2,1H3,(H,13,14). The number of rotatable bonds is 3. The highest BCUT2D eigenvalue weighted by molar-refractivity contribution is 7.12. The second-order valence-electron chi connectivity index (χ2n) is 3.21. The fourth-order valence-electron chi connectivity index (χ4n) is 1.37. The van der Waals surface area contributed by atoms with Gasteiger partial charge >= 0.3 is 5.97 Å². The van der Waals surface area contributed by atoms with Crippen molar-refractivity contribution in [2.75, 3.05) is 0 Å². The average Bonchev–Trinajstić information content (AvgIpc) is 2.77. The van der Waals surface area contributed by atoms with Crippen LogP contribution in [0.3, 0.4) is 0 Å². The lowest BCUT2D eigenvalue weighted by Crippen LogP contribution is -2.06. The van der Waals surface area contributed by atoms with E-state index in [0.29, 0.717) is 11.4 Å². The molecule has 0 aliphatic carbocycles. The molecule has 78 valence electrons. The van der Waals surface area contributed by atoms with Crippen molar-refractivity contribution in [1.82, 2.24) is 9.78 Å². The maximum atomic E-state index is 10.9. The first kappa shape index (κ1) is 9.92. The Bertz CT molecular complexity index is 487. The third-order valence-electron chi connectivity index (χ3n) is 2.19. The van der Waals surface area contributed by atoms with Crippen LogP contribution in [0.5, 0.6) is 0 Å². The fourth-order valence-corrected chi connectivity index (χ4v) is 2.13. The van der Waals surface area contributed by atoms with Crippen molar-refractivity contribution in [3.63, 3.8) is 0 Å². The van der Waals surface area contributed by atoms with E-state index < -0.39 is 5.97 Å². The Morgan fingerprint density at radius 2 is 2.40 bits per heavy atom. The topological polar surface area (TPSA) is 55.1 Å². The number of aryl methyl sites for hydroxylation is 1. The number of aromatic nitrogens is 2. The molecule has 2 rings (SSSR count). The monoisotopic (exact) mass is 222 g/mol. The van der Waals surface area contributed by atoms with Crippen LogP contribution in [0.2, 0.25) is 0 Å². The van der Waals surface area contributed by atoms with Crippen molar-refractivity contribution in [2.24, 2.45) is 0 Å². The van der Waals surface area contributed by atoms with E-state index in [1.807, 2.05) is 19.1 Å². The van der Waals surface area contributed by atoms with Gasteiger partial charge in [-0.25, -0.2) is 4.79 Å². The lowest BCUT2D eigenvalue weighted by Gasteiger charge is -2.03. The first-order valence-corrected chi connectivity index (χ1v) is 5.34. The minimum absolute atomic E-state index is 0.393. The third kappa shape index (κ3) is 1.92. The summed E-state index contributed by atoms with van der Waals surface area (Å²) in [5.41, 5.74) is 1.83. The summed E-state index contributed by atoms with van der Waals surface area (Å²) >= 11 is 1.24. The van der Waals surface area contributed by atoms with Crippen molar-refractivity contribution < 1.29 is 9.90 Å². The quantitative estimate of drug-likeness (QED) is 0.864. The molecule has 0 aromatic carbocycles. The molecule has 0 saturated carbocycles. The smallest absolute Gasteiger partial charge is 0.346 e. The zero-order valence-corrected chi connectivity index (χ0v) is 8.99. The van der Waals surface area contributed by atoms with Gasteiger partial charge in [-0.15, -0.1) is 11.3 Å². The maximum absolute atomic E-state index is 10.9. The zero-order valence-electron chi connectivity index (χ0n) is 8.17. The molecular weight excluding hydrogens is 212 g/mol. The summed E-state index contributed by atoms with van der Waals surface area (Å²) in [5.74, 6) is -0.871. The van der Waals surface area contributed by atoms with Crippen LogP contribution in [0.4, 0.5) is 0 Å². The molecule has 2 aromatic heterocycles. The average molecular weight is 222 g/mol. The molecule has 4 nitrogen and oxygen atoms in total. The van der Waals surface area contributed by atoms with Gasteiger partial charge in [0, 0.05) is 11.9 Å². The van der Waals surface area contributed by atoms with Crippen LogP contribution in [0.1, 0.15) is 20.9 Å². The molecule has 0 atom stereocenters. The Balaban J connectivity index is 2.28. The number of carboxylic acids is 1. The second-order valence-corrected chi connectivity index (χ2v) is 4.13. The molecule has 2 aromatic rings. The van der Waals surface area contributed by atoms with Gasteiger partial charge in [0.1, 0.15) is 4.88 Å². The van der Waals surface area contributed by atoms with E-state index in [1.54, 1.807) is 16.3 Å². The highest BCUT2D eigenvalue weighted by Crippen LogP contribution is 2.18. The Hall–Kier alpha value is -1.62. The minimum atomic E-state index is -0.871. The number of carboxylic acid groups (broad SMARTS) is 1. The molecule has 0 amide bonds. The van der Waals surface area contributed by atoms with Crippen molar-refractivity contribution in [1.29, 1.82) is 0 Å². The summed E-state index contributed by atoms with van der Waals surface area (Å²) < 4.78 is 1.79. The normalized spacial score (nSPS) is 10.5. The van der Waals surface area contributed by atoms with E-state index in [4.69, 9.17) is 5.11 Å². The highest BCUT2D eigenvalue weighted by Gasteiger charge is 2.12. The lowest BCUT2D eigenvalue weighted by atomic mass is 10.2. The molecular formula is C10H10N2O2S. The van der Waals surface area contributed by atoms with Crippen LogP contribution in [-0.4, -0.2) is 20.9 Å². The van der Waals surface area contributed by atoms with Crippen molar-refractivity contribution in [2.45, 2.75) is 13.5 Å². The highest BCUT2D eigenvalue weighted by atomic mass is 32.1. The molecule has 0 fully saturated rings. The number of nitrogens with zero attached hydrogens (tertiary/aromatic N) is 2. The molecule has 0 bridgehead atoms. The fraction of sp³-hybridized carbons (Fsp3) is 0.200. The Morgan fingerprint density at radius 1 is 1.60 bits per heavy atom. The van der Waals surface area contributed by atoms with Gasteiger partial charge in [0.15, 0.2) is 0 Å². The van der Waals surface area contributed by atoms with E-state index in [0.717, 1.165) is 11.3 Å². The summed E-state index contributed by atoms with van der Waals surface area (Å²) in [6.45, 7) is 2.46. The van der Waals surface area contributed by atoms with Crippen molar-refractivity contribution >= 4 is 17.3 Å². The minimum Gasteiger partial charge on any atom is -0.477 e. The van der Waals surface area contributed by atoms with Crippen LogP contribution in [0.25, 0.3) is 0 Å². The second kappa shape index (κ2) is 3.86.